The average Bonchev–Trinajstić information content (AvgIpc) is 2.39. The molecule has 1 heterocycles. The highest BCUT2D eigenvalue weighted by molar-refractivity contribution is 7.90. The number of nitrogens with zero attached hydrogens (tertiary/aromatic N) is 1. The summed E-state index contributed by atoms with van der Waals surface area (Å²) >= 11 is 0. The smallest absolute Gasteiger partial charge is 0.132 e. The second-order valence-electron chi connectivity index (χ2n) is 3.99. The van der Waals surface area contributed by atoms with E-state index in [4.69, 9.17) is 14.7 Å². The first-order valence-electron chi connectivity index (χ1n) is 5.74. The zero-order valence-corrected chi connectivity index (χ0v) is 11.1. The molecule has 0 radical (unpaired) electrons. The molecule has 0 fully saturated rings. The van der Waals surface area contributed by atoms with Gasteiger partial charge in [0.2, 0.25) is 0 Å². The van der Waals surface area contributed by atoms with Gasteiger partial charge in [-0.15, -0.1) is 0 Å². The Labute approximate surface area is 112 Å². The molecule has 0 aliphatic heterocycles. The topological polar surface area (TPSA) is 89.1 Å². The van der Waals surface area contributed by atoms with Crippen molar-refractivity contribution in [2.75, 3.05) is 6.61 Å². The van der Waals surface area contributed by atoms with Crippen molar-refractivity contribution in [3.63, 3.8) is 0 Å². The maximum absolute atomic E-state index is 11.6. The molecule has 1 aromatic heterocycles. The fourth-order valence-corrected chi connectivity index (χ4v) is 2.56. The summed E-state index contributed by atoms with van der Waals surface area (Å²) in [6.45, 7) is 0.427. The molecule has 0 saturated carbocycles. The van der Waals surface area contributed by atoms with Crippen LogP contribution in [-0.2, 0) is 16.3 Å². The highest BCUT2D eigenvalue weighted by atomic mass is 32.2. The lowest BCUT2D eigenvalue weighted by atomic mass is 10.2. The number of benzene rings is 1. The fraction of sp³-hybridized carbons (Fsp3) is 0.154. The predicted octanol–water partition coefficient (Wildman–Crippen LogP) is 1.98. The Balaban J connectivity index is 2.05. The van der Waals surface area contributed by atoms with Gasteiger partial charge in [-0.1, -0.05) is 18.2 Å². The van der Waals surface area contributed by atoms with Crippen LogP contribution < -0.4 is 9.88 Å². The van der Waals surface area contributed by atoms with E-state index in [2.05, 4.69) is 4.98 Å². The Morgan fingerprint density at radius 3 is 2.58 bits per heavy atom. The van der Waals surface area contributed by atoms with Gasteiger partial charge in [0.05, 0.1) is 11.5 Å². The minimum atomic E-state index is -3.19. The Morgan fingerprint density at radius 2 is 1.89 bits per heavy atom. The molecule has 2 aromatic rings. The molecule has 0 aliphatic carbocycles. The van der Waals surface area contributed by atoms with E-state index in [9.17, 15) is 4.21 Å². The lowest BCUT2D eigenvalue weighted by Gasteiger charge is -2.10. The standard InChI is InChI=1S/C13H15N3O2S/c14-19(15,17)13-4-2-1-3-11(13)7-10-18-12-5-8-16-9-6-12/h1-6,8-9H,7,10H2,(H3,14,15,17). The van der Waals surface area contributed by atoms with E-state index in [1.54, 1.807) is 36.7 Å². The van der Waals surface area contributed by atoms with Gasteiger partial charge in [-0.3, -0.25) is 4.98 Å². The van der Waals surface area contributed by atoms with Crippen molar-refractivity contribution < 1.29 is 8.95 Å². The third-order valence-corrected chi connectivity index (χ3v) is 3.64. The van der Waals surface area contributed by atoms with Gasteiger partial charge < -0.3 is 4.74 Å². The Kier molecular flexibility index (Phi) is 4.13. The van der Waals surface area contributed by atoms with E-state index < -0.39 is 9.92 Å². The van der Waals surface area contributed by atoms with Crippen LogP contribution in [0.1, 0.15) is 5.56 Å². The molecule has 1 unspecified atom stereocenters. The van der Waals surface area contributed by atoms with Crippen LogP contribution in [0.25, 0.3) is 0 Å². The van der Waals surface area contributed by atoms with E-state index in [0.29, 0.717) is 17.9 Å². The van der Waals surface area contributed by atoms with E-state index in [-0.39, 0.29) is 0 Å². The molecule has 100 valence electrons. The third kappa shape index (κ3) is 3.77. The first-order valence-corrected chi connectivity index (χ1v) is 7.37. The van der Waals surface area contributed by atoms with Crippen molar-refractivity contribution in [3.05, 3.63) is 54.4 Å². The van der Waals surface area contributed by atoms with Gasteiger partial charge in [-0.2, -0.15) is 0 Å². The molecule has 2 rings (SSSR count). The van der Waals surface area contributed by atoms with Crippen molar-refractivity contribution in [2.24, 2.45) is 5.14 Å². The molecule has 0 saturated heterocycles. The molecule has 0 aliphatic rings. The molecule has 0 spiro atoms. The minimum Gasteiger partial charge on any atom is -0.493 e. The van der Waals surface area contributed by atoms with Crippen LogP contribution in [0.15, 0.2) is 53.7 Å². The second kappa shape index (κ2) is 5.81. The van der Waals surface area contributed by atoms with Crippen molar-refractivity contribution in [2.45, 2.75) is 11.3 Å². The summed E-state index contributed by atoms with van der Waals surface area (Å²) in [6.07, 6.45) is 3.85. The molecule has 19 heavy (non-hydrogen) atoms. The van der Waals surface area contributed by atoms with Gasteiger partial charge in [0.15, 0.2) is 0 Å². The van der Waals surface area contributed by atoms with Crippen LogP contribution in [0.4, 0.5) is 0 Å². The molecule has 3 N–H and O–H groups in total. The number of rotatable bonds is 5. The monoisotopic (exact) mass is 277 g/mol. The van der Waals surface area contributed by atoms with Gasteiger partial charge in [0, 0.05) is 18.8 Å². The summed E-state index contributed by atoms with van der Waals surface area (Å²) in [4.78, 5) is 4.27. The van der Waals surface area contributed by atoms with Crippen molar-refractivity contribution in [3.8, 4) is 5.75 Å². The van der Waals surface area contributed by atoms with Gasteiger partial charge in [0.25, 0.3) is 0 Å². The maximum Gasteiger partial charge on any atom is 0.132 e. The molecule has 0 bridgehead atoms. The van der Waals surface area contributed by atoms with Crippen molar-refractivity contribution >= 4 is 9.92 Å². The molecular weight excluding hydrogens is 262 g/mol. The van der Waals surface area contributed by atoms with Crippen LogP contribution in [-0.4, -0.2) is 15.8 Å². The fourth-order valence-electron chi connectivity index (χ4n) is 1.72. The van der Waals surface area contributed by atoms with E-state index in [1.807, 2.05) is 12.1 Å². The van der Waals surface area contributed by atoms with E-state index in [0.717, 1.165) is 11.3 Å². The number of nitrogens with one attached hydrogen (secondary N) is 1. The number of nitrogens with two attached hydrogens (primary N) is 1. The van der Waals surface area contributed by atoms with Crippen molar-refractivity contribution in [1.29, 1.82) is 4.78 Å². The third-order valence-electron chi connectivity index (χ3n) is 2.59. The Hall–Kier alpha value is -1.92. The summed E-state index contributed by atoms with van der Waals surface area (Å²) in [5, 5.41) is 5.39. The zero-order chi connectivity index (χ0) is 13.7. The molecule has 1 atom stereocenters. The highest BCUT2D eigenvalue weighted by Crippen LogP contribution is 2.15. The summed E-state index contributed by atoms with van der Waals surface area (Å²) < 4.78 is 24.7. The normalized spacial score (nSPS) is 13.7. The van der Waals surface area contributed by atoms with Crippen LogP contribution in [0.5, 0.6) is 5.75 Å². The van der Waals surface area contributed by atoms with Crippen molar-refractivity contribution in [1.82, 2.24) is 4.98 Å². The average molecular weight is 277 g/mol. The van der Waals surface area contributed by atoms with E-state index in [1.165, 1.54) is 0 Å². The summed E-state index contributed by atoms with van der Waals surface area (Å²) in [7, 11) is -3.19. The minimum absolute atomic E-state index is 0.369. The quantitative estimate of drug-likeness (QED) is 0.875. The molecule has 1 aromatic carbocycles. The lowest BCUT2D eigenvalue weighted by molar-refractivity contribution is 0.320. The molecular formula is C13H15N3O2S. The summed E-state index contributed by atoms with van der Waals surface area (Å²) in [5.74, 6) is 0.729. The highest BCUT2D eigenvalue weighted by Gasteiger charge is 2.09. The van der Waals surface area contributed by atoms with Gasteiger partial charge in [-0.05, 0) is 23.8 Å². The maximum atomic E-state index is 11.6. The lowest BCUT2D eigenvalue weighted by Crippen LogP contribution is -2.14. The largest absolute Gasteiger partial charge is 0.493 e. The van der Waals surface area contributed by atoms with Crippen LogP contribution in [0, 0.1) is 4.78 Å². The molecule has 6 heteroatoms. The number of pyridine rings is 1. The van der Waals surface area contributed by atoms with Gasteiger partial charge >= 0.3 is 0 Å². The number of ether oxygens (including phenoxy) is 1. The Bertz CT molecular complexity index is 642. The molecule has 5 nitrogen and oxygen atoms in total. The molecule has 0 amide bonds. The first-order chi connectivity index (χ1) is 9.07. The number of aromatic nitrogens is 1. The van der Waals surface area contributed by atoms with E-state index >= 15 is 0 Å². The zero-order valence-electron chi connectivity index (χ0n) is 10.3. The van der Waals surface area contributed by atoms with Crippen LogP contribution in [0.3, 0.4) is 0 Å². The van der Waals surface area contributed by atoms with Gasteiger partial charge in [0.1, 0.15) is 15.7 Å². The van der Waals surface area contributed by atoms with Crippen LogP contribution in [0.2, 0.25) is 0 Å². The number of hydrogen-bond acceptors (Lipinski definition) is 4. The number of hydrogen-bond donors (Lipinski definition) is 2. The second-order valence-corrected chi connectivity index (χ2v) is 5.63. The SMILES string of the molecule is N=S(N)(=O)c1ccccc1CCOc1ccncc1. The van der Waals surface area contributed by atoms with Crippen LogP contribution >= 0.6 is 0 Å². The first kappa shape index (κ1) is 13.5. The predicted molar refractivity (Wildman–Crippen MR) is 73.2 cm³/mol. The summed E-state index contributed by atoms with van der Waals surface area (Å²) in [6, 6.07) is 10.5. The summed E-state index contributed by atoms with van der Waals surface area (Å²) in [5.41, 5.74) is 0.777. The van der Waals surface area contributed by atoms with Gasteiger partial charge in [-0.25, -0.2) is 14.1 Å². The Morgan fingerprint density at radius 1 is 1.21 bits per heavy atom.